The fourth-order valence-electron chi connectivity index (χ4n) is 1.58. The molecular formula is C8H8OS2. The van der Waals surface area contributed by atoms with Crippen LogP contribution in [0.3, 0.4) is 0 Å². The largest absolute Gasteiger partial charge is 0.363 e. The van der Waals surface area contributed by atoms with Crippen LogP contribution in [0.5, 0.6) is 0 Å². The summed E-state index contributed by atoms with van der Waals surface area (Å²) in [7, 11) is 0. The fourth-order valence-corrected chi connectivity index (χ4v) is 4.08. The first-order valence-corrected chi connectivity index (χ1v) is 5.52. The van der Waals surface area contributed by atoms with Crippen molar-refractivity contribution in [3.8, 4) is 0 Å². The second kappa shape index (κ2) is 2.03. The Morgan fingerprint density at radius 3 is 3.36 bits per heavy atom. The summed E-state index contributed by atoms with van der Waals surface area (Å²) in [5.74, 6) is 0. The first kappa shape index (κ1) is 6.52. The summed E-state index contributed by atoms with van der Waals surface area (Å²) in [5, 5.41) is 2.82. The van der Waals surface area contributed by atoms with Crippen LogP contribution >= 0.6 is 23.1 Å². The molecule has 0 amide bonds. The molecule has 2 aliphatic heterocycles. The quantitative estimate of drug-likeness (QED) is 0.575. The van der Waals surface area contributed by atoms with E-state index < -0.39 is 0 Å². The molecule has 1 fully saturated rings. The van der Waals surface area contributed by atoms with Crippen molar-refractivity contribution in [2.45, 2.75) is 28.6 Å². The van der Waals surface area contributed by atoms with Gasteiger partial charge in [-0.05, 0) is 11.4 Å². The Balaban J connectivity index is 2.10. The molecular weight excluding hydrogens is 176 g/mol. The van der Waals surface area contributed by atoms with Gasteiger partial charge in [-0.2, -0.15) is 0 Å². The maximum absolute atomic E-state index is 5.56. The standard InChI is InChI=1S/C8H8OS2/c1-4-6-7(9-6)5-2-3-10-8(5)11-4/h2-4,6-7H,1H3/t4-,6?,7?/m0/s1. The van der Waals surface area contributed by atoms with Crippen LogP contribution in [0.1, 0.15) is 18.6 Å². The summed E-state index contributed by atoms with van der Waals surface area (Å²) in [6.45, 7) is 2.25. The van der Waals surface area contributed by atoms with Crippen LogP contribution in [-0.4, -0.2) is 11.4 Å². The summed E-state index contributed by atoms with van der Waals surface area (Å²) in [5.41, 5.74) is 1.43. The molecule has 0 N–H and O–H groups in total. The van der Waals surface area contributed by atoms with Gasteiger partial charge in [0.15, 0.2) is 0 Å². The molecule has 0 radical (unpaired) electrons. The topological polar surface area (TPSA) is 12.5 Å². The first-order chi connectivity index (χ1) is 5.36. The highest BCUT2D eigenvalue weighted by Gasteiger charge is 2.49. The third-order valence-electron chi connectivity index (χ3n) is 2.25. The van der Waals surface area contributed by atoms with Crippen LogP contribution in [0.15, 0.2) is 15.7 Å². The number of fused-ring (bicyclic) bond motifs is 3. The number of thioether (sulfide) groups is 1. The average molecular weight is 184 g/mol. The number of ether oxygens (including phenoxy) is 1. The maximum atomic E-state index is 5.56. The summed E-state index contributed by atoms with van der Waals surface area (Å²) >= 11 is 3.80. The van der Waals surface area contributed by atoms with Gasteiger partial charge in [0.1, 0.15) is 12.2 Å². The number of epoxide rings is 1. The third-order valence-corrected chi connectivity index (χ3v) is 4.64. The molecule has 0 aromatic carbocycles. The lowest BCUT2D eigenvalue weighted by Crippen LogP contribution is -2.09. The van der Waals surface area contributed by atoms with Crippen LogP contribution < -0.4 is 0 Å². The zero-order valence-corrected chi connectivity index (χ0v) is 7.74. The lowest BCUT2D eigenvalue weighted by atomic mass is 10.1. The SMILES string of the molecule is C[C@@H]1Sc2sccc2C2OC21. The van der Waals surface area contributed by atoms with Crippen LogP contribution in [0.25, 0.3) is 0 Å². The molecule has 0 saturated carbocycles. The van der Waals surface area contributed by atoms with Gasteiger partial charge in [0, 0.05) is 10.8 Å². The zero-order valence-electron chi connectivity index (χ0n) is 6.11. The molecule has 2 aliphatic rings. The van der Waals surface area contributed by atoms with Crippen molar-refractivity contribution in [2.75, 3.05) is 0 Å². The van der Waals surface area contributed by atoms with E-state index in [0.717, 1.165) is 0 Å². The lowest BCUT2D eigenvalue weighted by molar-refractivity contribution is 0.374. The molecule has 1 aromatic heterocycles. The Kier molecular flexibility index (Phi) is 1.20. The smallest absolute Gasteiger partial charge is 0.112 e. The van der Waals surface area contributed by atoms with Crippen LogP contribution in [0, 0.1) is 0 Å². The van der Waals surface area contributed by atoms with Crippen molar-refractivity contribution >= 4 is 23.1 Å². The Labute approximate surface area is 73.8 Å². The molecule has 2 unspecified atom stereocenters. The normalized spacial score (nSPS) is 39.5. The fraction of sp³-hybridized carbons (Fsp3) is 0.500. The van der Waals surface area contributed by atoms with Crippen molar-refractivity contribution in [3.63, 3.8) is 0 Å². The molecule has 0 bridgehead atoms. The minimum absolute atomic E-state index is 0.451. The first-order valence-electron chi connectivity index (χ1n) is 3.76. The predicted octanol–water partition coefficient (Wildman–Crippen LogP) is 2.68. The average Bonchev–Trinajstić information content (AvgIpc) is 2.67. The lowest BCUT2D eigenvalue weighted by Gasteiger charge is -2.12. The van der Waals surface area contributed by atoms with Crippen molar-refractivity contribution in [3.05, 3.63) is 17.0 Å². The number of thiophene rings is 1. The van der Waals surface area contributed by atoms with Gasteiger partial charge >= 0.3 is 0 Å². The Morgan fingerprint density at radius 1 is 1.55 bits per heavy atom. The van der Waals surface area contributed by atoms with Gasteiger partial charge in [-0.3, -0.25) is 0 Å². The molecule has 1 saturated heterocycles. The molecule has 1 nitrogen and oxygen atoms in total. The van der Waals surface area contributed by atoms with Gasteiger partial charge in [0.25, 0.3) is 0 Å². The number of hydrogen-bond acceptors (Lipinski definition) is 3. The second-order valence-corrected chi connectivity index (χ2v) is 5.57. The van der Waals surface area contributed by atoms with Gasteiger partial charge < -0.3 is 4.74 Å². The summed E-state index contributed by atoms with van der Waals surface area (Å²) in [6, 6.07) is 2.20. The van der Waals surface area contributed by atoms with Gasteiger partial charge in [-0.25, -0.2) is 0 Å². The van der Waals surface area contributed by atoms with E-state index in [-0.39, 0.29) is 0 Å². The van der Waals surface area contributed by atoms with E-state index in [1.165, 1.54) is 9.77 Å². The van der Waals surface area contributed by atoms with Crippen molar-refractivity contribution in [1.82, 2.24) is 0 Å². The monoisotopic (exact) mass is 184 g/mol. The summed E-state index contributed by atoms with van der Waals surface area (Å²) < 4.78 is 7.03. The van der Waals surface area contributed by atoms with Crippen molar-refractivity contribution in [2.24, 2.45) is 0 Å². The van der Waals surface area contributed by atoms with Gasteiger partial charge in [-0.15, -0.1) is 23.1 Å². The van der Waals surface area contributed by atoms with E-state index in [4.69, 9.17) is 4.74 Å². The minimum atomic E-state index is 0.451. The minimum Gasteiger partial charge on any atom is -0.363 e. The van der Waals surface area contributed by atoms with E-state index in [1.54, 1.807) is 0 Å². The van der Waals surface area contributed by atoms with Crippen molar-refractivity contribution < 1.29 is 4.74 Å². The van der Waals surface area contributed by atoms with Gasteiger partial charge in [0.05, 0.1) is 4.21 Å². The van der Waals surface area contributed by atoms with Crippen LogP contribution in [0.4, 0.5) is 0 Å². The maximum Gasteiger partial charge on any atom is 0.112 e. The van der Waals surface area contributed by atoms with Gasteiger partial charge in [-0.1, -0.05) is 6.92 Å². The molecule has 11 heavy (non-hydrogen) atoms. The molecule has 0 spiro atoms. The van der Waals surface area contributed by atoms with E-state index >= 15 is 0 Å². The molecule has 3 heterocycles. The number of hydrogen-bond donors (Lipinski definition) is 0. The Hall–Kier alpha value is 0.01000. The van der Waals surface area contributed by atoms with Gasteiger partial charge in [0.2, 0.25) is 0 Å². The van der Waals surface area contributed by atoms with Crippen molar-refractivity contribution in [1.29, 1.82) is 0 Å². The van der Waals surface area contributed by atoms with E-state index in [2.05, 4.69) is 18.4 Å². The third kappa shape index (κ3) is 0.819. The summed E-state index contributed by atoms with van der Waals surface area (Å²) in [4.78, 5) is 0. The summed E-state index contributed by atoms with van der Waals surface area (Å²) in [6.07, 6.45) is 0.967. The molecule has 1 aromatic rings. The Bertz CT molecular complexity index is 294. The second-order valence-electron chi connectivity index (χ2n) is 3.01. The highest BCUT2D eigenvalue weighted by atomic mass is 32.2. The van der Waals surface area contributed by atoms with E-state index in [9.17, 15) is 0 Å². The number of rotatable bonds is 0. The zero-order chi connectivity index (χ0) is 7.42. The molecule has 3 atom stereocenters. The predicted molar refractivity (Wildman–Crippen MR) is 47.3 cm³/mol. The molecule has 58 valence electrons. The molecule has 3 heteroatoms. The highest BCUT2D eigenvalue weighted by molar-refractivity contribution is 8.01. The van der Waals surface area contributed by atoms with Crippen LogP contribution in [-0.2, 0) is 4.74 Å². The molecule has 3 rings (SSSR count). The Morgan fingerprint density at radius 2 is 2.45 bits per heavy atom. The van der Waals surface area contributed by atoms with E-state index in [0.29, 0.717) is 17.5 Å². The van der Waals surface area contributed by atoms with E-state index in [1.807, 2.05) is 23.1 Å². The molecule has 0 aliphatic carbocycles. The van der Waals surface area contributed by atoms with Crippen LogP contribution in [0.2, 0.25) is 0 Å². The highest BCUT2D eigenvalue weighted by Crippen LogP contribution is 2.55.